The largest absolute Gasteiger partial charge is 0.480 e. The summed E-state index contributed by atoms with van der Waals surface area (Å²) in [6, 6.07) is 15.0. The standard InChI is InChI=1S/C22H29N2O6P/c1-22(2,3)19(23-14-31(28,29)30)20(25)24-18(21(26)27)13-15-9-11-17(12-10-15)16-7-5-4-6-8-16/h4-12,18-19,23H,13-14H2,1-3H3,(H,24,25)(H,26,27)(H2,28,29,30)/t18-,19+/m0/s1. The van der Waals surface area contributed by atoms with Gasteiger partial charge < -0.3 is 20.2 Å². The first-order valence-corrected chi connectivity index (χ1v) is 11.6. The van der Waals surface area contributed by atoms with Crippen LogP contribution in [0.25, 0.3) is 11.1 Å². The van der Waals surface area contributed by atoms with E-state index in [4.69, 9.17) is 9.79 Å². The van der Waals surface area contributed by atoms with Gasteiger partial charge in [0.1, 0.15) is 6.04 Å². The van der Waals surface area contributed by atoms with Crippen LogP contribution in [-0.4, -0.2) is 45.1 Å². The molecule has 1 amide bonds. The Bertz CT molecular complexity index is 935. The quantitative estimate of drug-likeness (QED) is 0.372. The Labute approximate surface area is 181 Å². The summed E-state index contributed by atoms with van der Waals surface area (Å²) in [4.78, 5) is 42.7. The molecule has 5 N–H and O–H groups in total. The molecule has 0 unspecified atom stereocenters. The average Bonchev–Trinajstić information content (AvgIpc) is 2.66. The number of rotatable bonds is 9. The molecule has 0 aromatic heterocycles. The lowest BCUT2D eigenvalue weighted by atomic mass is 9.86. The van der Waals surface area contributed by atoms with Crippen LogP contribution in [0, 0.1) is 5.41 Å². The fraction of sp³-hybridized carbons (Fsp3) is 0.364. The zero-order valence-electron chi connectivity index (χ0n) is 17.8. The summed E-state index contributed by atoms with van der Waals surface area (Å²) >= 11 is 0. The summed E-state index contributed by atoms with van der Waals surface area (Å²) < 4.78 is 11.2. The number of carbonyl (C=O) groups excluding carboxylic acids is 1. The van der Waals surface area contributed by atoms with Crippen LogP contribution in [0.3, 0.4) is 0 Å². The van der Waals surface area contributed by atoms with Crippen molar-refractivity contribution in [2.75, 3.05) is 6.29 Å². The molecule has 31 heavy (non-hydrogen) atoms. The highest BCUT2D eigenvalue weighted by molar-refractivity contribution is 7.51. The van der Waals surface area contributed by atoms with Gasteiger partial charge in [-0.3, -0.25) is 14.7 Å². The lowest BCUT2D eigenvalue weighted by Gasteiger charge is -2.31. The molecular formula is C22H29N2O6P. The number of aliphatic carboxylic acids is 1. The zero-order chi connectivity index (χ0) is 23.2. The Hall–Kier alpha value is -2.51. The fourth-order valence-electron chi connectivity index (χ4n) is 3.16. The number of hydrogen-bond acceptors (Lipinski definition) is 4. The van der Waals surface area contributed by atoms with Crippen molar-refractivity contribution in [3.63, 3.8) is 0 Å². The van der Waals surface area contributed by atoms with Crippen LogP contribution in [0.1, 0.15) is 26.3 Å². The Morgan fingerprint density at radius 3 is 2.00 bits per heavy atom. The van der Waals surface area contributed by atoms with E-state index in [0.717, 1.165) is 16.7 Å². The first-order valence-electron chi connectivity index (χ1n) is 9.82. The monoisotopic (exact) mass is 448 g/mol. The van der Waals surface area contributed by atoms with Gasteiger partial charge in [-0.15, -0.1) is 0 Å². The van der Waals surface area contributed by atoms with Crippen LogP contribution in [0.15, 0.2) is 54.6 Å². The SMILES string of the molecule is CC(C)(C)[C@H](NCP(=O)(O)O)C(=O)N[C@@H](Cc1ccc(-c2ccccc2)cc1)C(=O)O. The third kappa shape index (κ3) is 7.92. The molecule has 0 radical (unpaired) electrons. The van der Waals surface area contributed by atoms with Gasteiger partial charge >= 0.3 is 13.6 Å². The van der Waals surface area contributed by atoms with Crippen LogP contribution in [0.4, 0.5) is 0 Å². The molecule has 2 atom stereocenters. The van der Waals surface area contributed by atoms with Crippen molar-refractivity contribution in [2.45, 2.75) is 39.3 Å². The molecule has 0 aliphatic heterocycles. The van der Waals surface area contributed by atoms with E-state index in [1.54, 1.807) is 20.8 Å². The normalized spacial score (nSPS) is 14.0. The Morgan fingerprint density at radius 1 is 0.968 bits per heavy atom. The molecule has 0 fully saturated rings. The second kappa shape index (κ2) is 10.2. The second-order valence-electron chi connectivity index (χ2n) is 8.49. The van der Waals surface area contributed by atoms with Gasteiger partial charge in [-0.25, -0.2) is 4.79 Å². The van der Waals surface area contributed by atoms with Crippen LogP contribution in [0.5, 0.6) is 0 Å². The van der Waals surface area contributed by atoms with E-state index in [9.17, 15) is 19.3 Å². The van der Waals surface area contributed by atoms with Crippen molar-refractivity contribution in [3.05, 3.63) is 60.2 Å². The predicted octanol–water partition coefficient (Wildman–Crippen LogP) is 2.61. The van der Waals surface area contributed by atoms with Crippen molar-refractivity contribution in [3.8, 4) is 11.1 Å². The van der Waals surface area contributed by atoms with Crippen LogP contribution in [0.2, 0.25) is 0 Å². The van der Waals surface area contributed by atoms with Gasteiger partial charge in [-0.05, 0) is 22.1 Å². The Morgan fingerprint density at radius 2 is 1.52 bits per heavy atom. The van der Waals surface area contributed by atoms with Gasteiger partial charge in [0.25, 0.3) is 0 Å². The topological polar surface area (TPSA) is 136 Å². The van der Waals surface area contributed by atoms with Gasteiger partial charge in [0.2, 0.25) is 5.91 Å². The molecule has 0 aliphatic carbocycles. The molecule has 2 aromatic rings. The molecule has 0 aliphatic rings. The van der Waals surface area contributed by atoms with Gasteiger partial charge in [-0.1, -0.05) is 75.4 Å². The van der Waals surface area contributed by atoms with E-state index in [1.165, 1.54) is 0 Å². The summed E-state index contributed by atoms with van der Waals surface area (Å²) in [7, 11) is -4.37. The van der Waals surface area contributed by atoms with Crippen molar-refractivity contribution >= 4 is 19.5 Å². The highest BCUT2D eigenvalue weighted by Gasteiger charge is 2.34. The van der Waals surface area contributed by atoms with Crippen molar-refractivity contribution in [1.29, 1.82) is 0 Å². The van der Waals surface area contributed by atoms with E-state index < -0.39 is 43.3 Å². The van der Waals surface area contributed by atoms with E-state index in [1.807, 2.05) is 54.6 Å². The van der Waals surface area contributed by atoms with Gasteiger partial charge in [-0.2, -0.15) is 0 Å². The highest BCUT2D eigenvalue weighted by atomic mass is 31.2. The molecule has 2 aromatic carbocycles. The van der Waals surface area contributed by atoms with E-state index >= 15 is 0 Å². The number of carbonyl (C=O) groups is 2. The second-order valence-corrected chi connectivity index (χ2v) is 10.1. The van der Waals surface area contributed by atoms with Gasteiger partial charge in [0.15, 0.2) is 0 Å². The van der Waals surface area contributed by atoms with Crippen molar-refractivity contribution < 1.29 is 29.0 Å². The molecule has 0 heterocycles. The maximum atomic E-state index is 12.8. The van der Waals surface area contributed by atoms with E-state index in [0.29, 0.717) is 0 Å². The van der Waals surface area contributed by atoms with Crippen LogP contribution >= 0.6 is 7.60 Å². The minimum absolute atomic E-state index is 0.0749. The first kappa shape index (κ1) is 24.8. The smallest absolute Gasteiger partial charge is 0.339 e. The molecule has 168 valence electrons. The molecule has 8 nitrogen and oxygen atoms in total. The maximum absolute atomic E-state index is 12.8. The molecule has 2 rings (SSSR count). The van der Waals surface area contributed by atoms with Crippen molar-refractivity contribution in [2.24, 2.45) is 5.41 Å². The molecule has 0 bridgehead atoms. The molecule has 9 heteroatoms. The molecular weight excluding hydrogens is 419 g/mol. The summed E-state index contributed by atoms with van der Waals surface area (Å²) in [5.41, 5.74) is 2.08. The highest BCUT2D eigenvalue weighted by Crippen LogP contribution is 2.33. The zero-order valence-corrected chi connectivity index (χ0v) is 18.7. The number of hydrogen-bond donors (Lipinski definition) is 5. The molecule has 0 spiro atoms. The van der Waals surface area contributed by atoms with E-state index in [-0.39, 0.29) is 6.42 Å². The fourth-order valence-corrected chi connectivity index (χ4v) is 3.58. The number of carboxylic acid groups (broad SMARTS) is 1. The number of benzene rings is 2. The third-order valence-electron chi connectivity index (χ3n) is 4.75. The summed E-state index contributed by atoms with van der Waals surface area (Å²) in [6.45, 7) is 5.17. The minimum atomic E-state index is -4.37. The summed E-state index contributed by atoms with van der Waals surface area (Å²) in [6.07, 6.45) is -0.605. The van der Waals surface area contributed by atoms with Crippen molar-refractivity contribution in [1.82, 2.24) is 10.6 Å². The number of amides is 1. The lowest BCUT2D eigenvalue weighted by molar-refractivity contribution is -0.142. The van der Waals surface area contributed by atoms with E-state index in [2.05, 4.69) is 10.6 Å². The van der Waals surface area contributed by atoms with Gasteiger partial charge in [0, 0.05) is 6.42 Å². The molecule has 0 saturated carbocycles. The lowest BCUT2D eigenvalue weighted by Crippen LogP contribution is -2.55. The Balaban J connectivity index is 2.11. The predicted molar refractivity (Wildman–Crippen MR) is 118 cm³/mol. The minimum Gasteiger partial charge on any atom is -0.480 e. The molecule has 0 saturated heterocycles. The van der Waals surface area contributed by atoms with Crippen LogP contribution in [-0.2, 0) is 20.6 Å². The number of nitrogens with one attached hydrogen (secondary N) is 2. The van der Waals surface area contributed by atoms with Crippen LogP contribution < -0.4 is 10.6 Å². The maximum Gasteiger partial charge on any atom is 0.339 e. The number of carboxylic acids is 1. The summed E-state index contributed by atoms with van der Waals surface area (Å²) in [5, 5.41) is 14.7. The summed E-state index contributed by atoms with van der Waals surface area (Å²) in [5.74, 6) is -1.82. The average molecular weight is 448 g/mol. The first-order chi connectivity index (χ1) is 14.4. The third-order valence-corrected chi connectivity index (χ3v) is 5.34. The Kier molecular flexibility index (Phi) is 8.14. The van der Waals surface area contributed by atoms with Gasteiger partial charge in [0.05, 0.1) is 12.3 Å².